The normalized spacial score (nSPS) is 11.8. The molecule has 0 saturated heterocycles. The second kappa shape index (κ2) is 42.7. The Kier molecular flexibility index (Phi) is 41.9. The zero-order valence-electron chi connectivity index (χ0n) is 33.3. The molecule has 0 aliphatic rings. The lowest BCUT2D eigenvalue weighted by Crippen LogP contribution is -2.27. The van der Waals surface area contributed by atoms with Gasteiger partial charge in [-0.25, -0.2) is 4.79 Å². The van der Waals surface area contributed by atoms with Crippen molar-refractivity contribution in [1.29, 1.82) is 0 Å². The Balaban J connectivity index is 3.09. The number of carbonyl (C=O) groups excluding carboxylic acids is 1. The molecule has 14 nitrogen and oxygen atoms in total. The zero-order valence-corrected chi connectivity index (χ0v) is 33.3. The van der Waals surface area contributed by atoms with Crippen LogP contribution < -0.4 is 0 Å². The molecule has 0 rings (SSSR count). The smallest absolute Gasteiger partial charge is 0.332 e. The molecular weight excluding hydrogens is 680 g/mol. The van der Waals surface area contributed by atoms with Crippen molar-refractivity contribution in [2.75, 3.05) is 159 Å². The third kappa shape index (κ3) is 47.0. The third-order valence-electron chi connectivity index (χ3n) is 6.87. The Hall–Kier alpha value is -1.01. The molecule has 0 atom stereocenters. The lowest BCUT2D eigenvalue weighted by molar-refractivity contribution is -0.160. The standard InChI is InChI=1S/C38H76O14/c1-5-6-7-8-9-10-11-12-13-40-14-15-41-16-17-42-18-19-43-20-21-44-22-23-45-24-25-46-26-27-47-28-29-48-30-31-49-32-33-50-34-35-51-36-37(39)52-38(2,3)4/h5-36H2,1-4H3. The van der Waals surface area contributed by atoms with E-state index in [1.807, 2.05) is 20.8 Å². The molecule has 0 saturated carbocycles. The fourth-order valence-electron chi connectivity index (χ4n) is 4.28. The highest BCUT2D eigenvalue weighted by molar-refractivity contribution is 5.71. The monoisotopic (exact) mass is 757 g/mol. The van der Waals surface area contributed by atoms with Crippen LogP contribution in [0.15, 0.2) is 0 Å². The molecule has 0 aromatic heterocycles. The minimum Gasteiger partial charge on any atom is -0.458 e. The average molecular weight is 757 g/mol. The van der Waals surface area contributed by atoms with E-state index >= 15 is 0 Å². The molecule has 0 unspecified atom stereocenters. The van der Waals surface area contributed by atoms with Gasteiger partial charge in [0.25, 0.3) is 0 Å². The van der Waals surface area contributed by atoms with Crippen molar-refractivity contribution in [1.82, 2.24) is 0 Å². The van der Waals surface area contributed by atoms with Crippen molar-refractivity contribution >= 4 is 5.97 Å². The lowest BCUT2D eigenvalue weighted by atomic mass is 10.1. The van der Waals surface area contributed by atoms with Gasteiger partial charge in [-0.2, -0.15) is 0 Å². The van der Waals surface area contributed by atoms with Crippen molar-refractivity contribution in [3.8, 4) is 0 Å². The zero-order chi connectivity index (χ0) is 37.9. The van der Waals surface area contributed by atoms with E-state index in [1.165, 1.54) is 44.9 Å². The van der Waals surface area contributed by atoms with Crippen LogP contribution in [0, 0.1) is 0 Å². The van der Waals surface area contributed by atoms with Crippen LogP contribution in [0.25, 0.3) is 0 Å². The first kappa shape index (κ1) is 51.0. The Labute approximate surface area is 315 Å². The molecule has 0 aliphatic carbocycles. The summed E-state index contributed by atoms with van der Waals surface area (Å²) in [5, 5.41) is 0. The highest BCUT2D eigenvalue weighted by Crippen LogP contribution is 2.08. The summed E-state index contributed by atoms with van der Waals surface area (Å²) >= 11 is 0. The number of esters is 1. The number of carbonyl (C=O) groups is 1. The van der Waals surface area contributed by atoms with Crippen molar-refractivity contribution in [2.45, 2.75) is 84.7 Å². The van der Waals surface area contributed by atoms with E-state index in [1.54, 1.807) is 0 Å². The van der Waals surface area contributed by atoms with Gasteiger partial charge >= 0.3 is 5.97 Å². The summed E-state index contributed by atoms with van der Waals surface area (Å²) in [7, 11) is 0. The molecule has 52 heavy (non-hydrogen) atoms. The molecular formula is C38H76O14. The number of unbranched alkanes of at least 4 members (excludes halogenated alkanes) is 7. The van der Waals surface area contributed by atoms with E-state index < -0.39 is 5.60 Å². The Morgan fingerprint density at radius 1 is 0.327 bits per heavy atom. The fraction of sp³-hybridized carbons (Fsp3) is 0.974. The fourth-order valence-corrected chi connectivity index (χ4v) is 4.28. The summed E-state index contributed by atoms with van der Waals surface area (Å²) < 4.78 is 70.8. The number of hydrogen-bond donors (Lipinski definition) is 0. The van der Waals surface area contributed by atoms with Crippen molar-refractivity contribution in [2.24, 2.45) is 0 Å². The SMILES string of the molecule is CCCCCCCCCCOCCOCCOCCOCCOCCOCCOCCOCCOCCOCCOCCOCC(=O)OC(C)(C)C. The summed E-state index contributed by atoms with van der Waals surface area (Å²) in [5.74, 6) is -0.385. The minimum absolute atomic E-state index is 0.0822. The molecule has 0 heterocycles. The maximum absolute atomic E-state index is 11.5. The molecule has 0 aromatic rings. The second-order valence-electron chi connectivity index (χ2n) is 12.8. The first-order valence-electron chi connectivity index (χ1n) is 19.6. The lowest BCUT2D eigenvalue weighted by Gasteiger charge is -2.19. The first-order valence-corrected chi connectivity index (χ1v) is 19.6. The van der Waals surface area contributed by atoms with Gasteiger partial charge in [-0.3, -0.25) is 0 Å². The van der Waals surface area contributed by atoms with Crippen LogP contribution in [0.3, 0.4) is 0 Å². The van der Waals surface area contributed by atoms with Gasteiger partial charge in [0, 0.05) is 6.61 Å². The molecule has 0 amide bonds. The van der Waals surface area contributed by atoms with Gasteiger partial charge in [0.15, 0.2) is 0 Å². The predicted octanol–water partition coefficient (Wildman–Crippen LogP) is 4.67. The molecule has 0 radical (unpaired) electrons. The first-order chi connectivity index (χ1) is 25.5. The summed E-state index contributed by atoms with van der Waals surface area (Å²) in [4.78, 5) is 11.5. The van der Waals surface area contributed by atoms with E-state index in [2.05, 4.69) is 6.92 Å². The molecule has 0 spiro atoms. The van der Waals surface area contributed by atoms with Crippen LogP contribution in [-0.2, 0) is 66.4 Å². The summed E-state index contributed by atoms with van der Waals surface area (Å²) in [6.07, 6.45) is 10.5. The third-order valence-corrected chi connectivity index (χ3v) is 6.87. The molecule has 0 aliphatic heterocycles. The van der Waals surface area contributed by atoms with E-state index in [9.17, 15) is 4.79 Å². The molecule has 0 fully saturated rings. The van der Waals surface area contributed by atoms with Crippen molar-refractivity contribution in [3.63, 3.8) is 0 Å². The maximum atomic E-state index is 11.5. The maximum Gasteiger partial charge on any atom is 0.332 e. The van der Waals surface area contributed by atoms with Gasteiger partial charge in [0.05, 0.1) is 145 Å². The van der Waals surface area contributed by atoms with Crippen LogP contribution in [-0.4, -0.2) is 170 Å². The van der Waals surface area contributed by atoms with Gasteiger partial charge in [0.1, 0.15) is 12.2 Å². The Morgan fingerprint density at radius 3 is 0.827 bits per heavy atom. The minimum atomic E-state index is -0.511. The average Bonchev–Trinajstić information content (AvgIpc) is 3.11. The number of rotatable bonds is 44. The van der Waals surface area contributed by atoms with Crippen LogP contribution in [0.2, 0.25) is 0 Å². The van der Waals surface area contributed by atoms with Crippen molar-refractivity contribution in [3.05, 3.63) is 0 Å². The highest BCUT2D eigenvalue weighted by Gasteiger charge is 2.15. The molecule has 0 bridgehead atoms. The van der Waals surface area contributed by atoms with E-state index in [0.29, 0.717) is 145 Å². The topological polar surface area (TPSA) is 137 Å². The van der Waals surface area contributed by atoms with Gasteiger partial charge in [-0.1, -0.05) is 51.9 Å². The molecule has 0 N–H and O–H groups in total. The molecule has 0 aromatic carbocycles. The van der Waals surface area contributed by atoms with Gasteiger partial charge < -0.3 is 61.6 Å². The summed E-state index contributed by atoms with van der Waals surface area (Å²) in [6, 6.07) is 0. The van der Waals surface area contributed by atoms with Crippen molar-refractivity contribution < 1.29 is 66.4 Å². The Bertz CT molecular complexity index is 695. The van der Waals surface area contributed by atoms with Crippen LogP contribution >= 0.6 is 0 Å². The van der Waals surface area contributed by atoms with E-state index in [-0.39, 0.29) is 12.6 Å². The van der Waals surface area contributed by atoms with Gasteiger partial charge in [-0.05, 0) is 27.2 Å². The predicted molar refractivity (Wildman–Crippen MR) is 198 cm³/mol. The van der Waals surface area contributed by atoms with E-state index in [0.717, 1.165) is 13.0 Å². The summed E-state index contributed by atoms with van der Waals surface area (Å²) in [5.41, 5.74) is -0.511. The van der Waals surface area contributed by atoms with E-state index in [4.69, 9.17) is 61.6 Å². The van der Waals surface area contributed by atoms with Crippen LogP contribution in [0.1, 0.15) is 79.1 Å². The second-order valence-corrected chi connectivity index (χ2v) is 12.8. The van der Waals surface area contributed by atoms with Gasteiger partial charge in [0.2, 0.25) is 0 Å². The molecule has 312 valence electrons. The van der Waals surface area contributed by atoms with Gasteiger partial charge in [-0.15, -0.1) is 0 Å². The number of ether oxygens (including phenoxy) is 13. The van der Waals surface area contributed by atoms with Crippen LogP contribution in [0.4, 0.5) is 0 Å². The largest absolute Gasteiger partial charge is 0.458 e. The summed E-state index contributed by atoms with van der Waals surface area (Å²) in [6.45, 7) is 19.5. The molecule has 14 heteroatoms. The highest BCUT2D eigenvalue weighted by atomic mass is 16.6. The number of hydrogen-bond acceptors (Lipinski definition) is 14. The Morgan fingerprint density at radius 2 is 0.558 bits per heavy atom. The van der Waals surface area contributed by atoms with Crippen LogP contribution in [0.5, 0.6) is 0 Å². The quantitative estimate of drug-likeness (QED) is 0.0629.